The molecule has 2 N–H and O–H groups in total. The second-order valence-corrected chi connectivity index (χ2v) is 4.86. The maximum Gasteiger partial charge on any atom is 0.416 e. The van der Waals surface area contributed by atoms with Gasteiger partial charge in [-0.05, 0) is 25.0 Å². The van der Waals surface area contributed by atoms with Crippen molar-refractivity contribution in [2.24, 2.45) is 5.73 Å². The van der Waals surface area contributed by atoms with E-state index in [1.165, 1.54) is 12.1 Å². The van der Waals surface area contributed by atoms with Crippen LogP contribution in [-0.2, 0) is 12.7 Å². The van der Waals surface area contributed by atoms with E-state index in [-0.39, 0.29) is 6.04 Å². The average molecular weight is 282 g/mol. The number of hydrogen-bond donors (Lipinski definition) is 1. The summed E-state index contributed by atoms with van der Waals surface area (Å²) in [6.45, 7) is 0.742. The summed E-state index contributed by atoms with van der Waals surface area (Å²) in [5.41, 5.74) is 5.89. The first-order valence-corrected chi connectivity index (χ1v) is 6.33. The lowest BCUT2D eigenvalue weighted by Gasteiger charge is -2.20. The molecule has 0 saturated heterocycles. The van der Waals surface area contributed by atoms with Gasteiger partial charge < -0.3 is 10.3 Å². The molecule has 0 aliphatic carbocycles. The van der Waals surface area contributed by atoms with E-state index in [1.807, 2.05) is 4.57 Å². The number of alkyl halides is 3. The van der Waals surface area contributed by atoms with Crippen molar-refractivity contribution < 1.29 is 13.2 Å². The lowest BCUT2D eigenvalue weighted by molar-refractivity contribution is -0.137. The zero-order valence-corrected chi connectivity index (χ0v) is 10.6. The van der Waals surface area contributed by atoms with E-state index in [1.54, 1.807) is 0 Å². The Kier molecular flexibility index (Phi) is 3.01. The third-order valence-electron chi connectivity index (χ3n) is 3.48. The van der Waals surface area contributed by atoms with Crippen LogP contribution in [0.1, 0.15) is 30.3 Å². The monoisotopic (exact) mass is 282 g/mol. The molecule has 20 heavy (non-hydrogen) atoms. The van der Waals surface area contributed by atoms with Gasteiger partial charge in [0, 0.05) is 12.1 Å². The van der Waals surface area contributed by atoms with Crippen LogP contribution in [0.5, 0.6) is 0 Å². The fourth-order valence-electron chi connectivity index (χ4n) is 2.43. The summed E-state index contributed by atoms with van der Waals surface area (Å²) in [6, 6.07) is 4.79. The number of aromatic nitrogens is 3. The third-order valence-corrected chi connectivity index (χ3v) is 3.48. The van der Waals surface area contributed by atoms with Crippen LogP contribution < -0.4 is 5.73 Å². The van der Waals surface area contributed by atoms with Crippen molar-refractivity contribution in [1.29, 1.82) is 0 Å². The number of benzene rings is 1. The number of nitrogens with zero attached hydrogens (tertiary/aromatic N) is 3. The predicted octanol–water partition coefficient (Wildman–Crippen LogP) is 2.76. The Morgan fingerprint density at radius 1 is 1.15 bits per heavy atom. The highest BCUT2D eigenvalue weighted by Gasteiger charge is 2.30. The van der Waals surface area contributed by atoms with Gasteiger partial charge in [0.15, 0.2) is 5.82 Å². The number of hydrogen-bond acceptors (Lipinski definition) is 3. The Morgan fingerprint density at radius 2 is 1.85 bits per heavy atom. The molecule has 1 atom stereocenters. The molecular weight excluding hydrogens is 269 g/mol. The zero-order chi connectivity index (χ0) is 14.3. The molecule has 1 aliphatic heterocycles. The van der Waals surface area contributed by atoms with Gasteiger partial charge in [-0.1, -0.05) is 12.1 Å². The second kappa shape index (κ2) is 4.59. The normalized spacial score (nSPS) is 18.9. The van der Waals surface area contributed by atoms with Gasteiger partial charge in [0.2, 0.25) is 0 Å². The maximum absolute atomic E-state index is 12.5. The molecule has 106 valence electrons. The van der Waals surface area contributed by atoms with E-state index in [9.17, 15) is 13.2 Å². The van der Waals surface area contributed by atoms with Gasteiger partial charge >= 0.3 is 6.18 Å². The Morgan fingerprint density at radius 3 is 2.50 bits per heavy atom. The number of rotatable bonds is 1. The van der Waals surface area contributed by atoms with Gasteiger partial charge in [-0.3, -0.25) is 0 Å². The first kappa shape index (κ1) is 13.1. The van der Waals surface area contributed by atoms with E-state index in [0.29, 0.717) is 17.2 Å². The molecule has 0 amide bonds. The smallest absolute Gasteiger partial charge is 0.321 e. The van der Waals surface area contributed by atoms with Crippen LogP contribution in [-0.4, -0.2) is 14.8 Å². The van der Waals surface area contributed by atoms with Crippen LogP contribution in [0.15, 0.2) is 24.3 Å². The highest BCUT2D eigenvalue weighted by molar-refractivity contribution is 5.56. The molecule has 1 aromatic heterocycles. The highest BCUT2D eigenvalue weighted by atomic mass is 19.4. The molecule has 0 bridgehead atoms. The molecule has 0 radical (unpaired) electrons. The molecule has 3 rings (SSSR count). The summed E-state index contributed by atoms with van der Waals surface area (Å²) in [5, 5.41) is 8.11. The van der Waals surface area contributed by atoms with Crippen molar-refractivity contribution in [3.05, 3.63) is 35.7 Å². The molecule has 1 unspecified atom stereocenters. The molecule has 7 heteroatoms. The summed E-state index contributed by atoms with van der Waals surface area (Å²) in [7, 11) is 0. The van der Waals surface area contributed by atoms with E-state index in [0.717, 1.165) is 31.5 Å². The zero-order valence-electron chi connectivity index (χ0n) is 10.6. The fourth-order valence-corrected chi connectivity index (χ4v) is 2.43. The molecule has 0 saturated carbocycles. The Bertz CT molecular complexity index is 616. The first-order valence-electron chi connectivity index (χ1n) is 6.33. The maximum atomic E-state index is 12.5. The quantitative estimate of drug-likeness (QED) is 0.875. The number of halogens is 3. The lowest BCUT2D eigenvalue weighted by Crippen LogP contribution is -2.22. The largest absolute Gasteiger partial charge is 0.416 e. The van der Waals surface area contributed by atoms with E-state index in [2.05, 4.69) is 10.2 Å². The van der Waals surface area contributed by atoms with E-state index in [4.69, 9.17) is 5.73 Å². The van der Waals surface area contributed by atoms with Gasteiger partial charge in [0.1, 0.15) is 5.82 Å². The Hall–Kier alpha value is -1.89. The summed E-state index contributed by atoms with van der Waals surface area (Å²) in [6.07, 6.45) is -2.56. The lowest BCUT2D eigenvalue weighted by atomic mass is 10.1. The summed E-state index contributed by atoms with van der Waals surface area (Å²) in [5.74, 6) is 1.27. The van der Waals surface area contributed by atoms with E-state index >= 15 is 0 Å². The van der Waals surface area contributed by atoms with Crippen LogP contribution in [0.2, 0.25) is 0 Å². The Balaban J connectivity index is 1.98. The van der Waals surface area contributed by atoms with Crippen molar-refractivity contribution >= 4 is 0 Å². The van der Waals surface area contributed by atoms with Crippen molar-refractivity contribution in [1.82, 2.24) is 14.8 Å². The fraction of sp³-hybridized carbons (Fsp3) is 0.385. The topological polar surface area (TPSA) is 56.7 Å². The molecule has 4 nitrogen and oxygen atoms in total. The van der Waals surface area contributed by atoms with Crippen molar-refractivity contribution in [2.45, 2.75) is 31.6 Å². The molecule has 1 aromatic carbocycles. The minimum Gasteiger partial charge on any atom is -0.321 e. The summed E-state index contributed by atoms with van der Waals surface area (Å²) >= 11 is 0. The average Bonchev–Trinajstić information content (AvgIpc) is 2.83. The van der Waals surface area contributed by atoms with Crippen LogP contribution in [0.3, 0.4) is 0 Å². The van der Waals surface area contributed by atoms with Crippen LogP contribution in [0.4, 0.5) is 13.2 Å². The number of fused-ring (bicyclic) bond motifs is 1. The van der Waals surface area contributed by atoms with Crippen molar-refractivity contribution in [3.63, 3.8) is 0 Å². The van der Waals surface area contributed by atoms with Gasteiger partial charge in [-0.15, -0.1) is 10.2 Å². The molecular formula is C13H13F3N4. The summed E-state index contributed by atoms with van der Waals surface area (Å²) in [4.78, 5) is 0. The third kappa shape index (κ3) is 2.18. The minimum atomic E-state index is -4.33. The predicted molar refractivity (Wildman–Crippen MR) is 66.6 cm³/mol. The van der Waals surface area contributed by atoms with Gasteiger partial charge in [0.25, 0.3) is 0 Å². The molecule has 0 spiro atoms. The van der Waals surface area contributed by atoms with Crippen molar-refractivity contribution in [3.8, 4) is 11.4 Å². The van der Waals surface area contributed by atoms with Gasteiger partial charge in [-0.25, -0.2) is 0 Å². The molecule has 0 fully saturated rings. The highest BCUT2D eigenvalue weighted by Crippen LogP contribution is 2.32. The SMILES string of the molecule is NC1CCCn2c(-c3ccc(C(F)(F)F)cc3)nnc21. The first-order chi connectivity index (χ1) is 9.47. The second-order valence-electron chi connectivity index (χ2n) is 4.86. The van der Waals surface area contributed by atoms with Gasteiger partial charge in [-0.2, -0.15) is 13.2 Å². The molecule has 2 heterocycles. The van der Waals surface area contributed by atoms with E-state index < -0.39 is 11.7 Å². The molecule has 1 aliphatic rings. The van der Waals surface area contributed by atoms with Crippen LogP contribution in [0.25, 0.3) is 11.4 Å². The van der Waals surface area contributed by atoms with Gasteiger partial charge in [0.05, 0.1) is 11.6 Å². The van der Waals surface area contributed by atoms with Crippen LogP contribution >= 0.6 is 0 Å². The standard InChI is InChI=1S/C13H13F3N4/c14-13(15,16)9-5-3-8(4-6-9)11-18-19-12-10(17)2-1-7-20(11)12/h3-6,10H,1-2,7,17H2. The minimum absolute atomic E-state index is 0.153. The summed E-state index contributed by atoms with van der Waals surface area (Å²) < 4.78 is 39.5. The molecule has 2 aromatic rings. The number of nitrogens with two attached hydrogens (primary N) is 1. The van der Waals surface area contributed by atoms with Crippen molar-refractivity contribution in [2.75, 3.05) is 0 Å². The van der Waals surface area contributed by atoms with Crippen LogP contribution in [0, 0.1) is 0 Å². The Labute approximate surface area is 113 Å².